The minimum Gasteiger partial charge on any atom is -0.375 e. The summed E-state index contributed by atoms with van der Waals surface area (Å²) >= 11 is 0. The Morgan fingerprint density at radius 1 is 1.00 bits per heavy atom. The van der Waals surface area contributed by atoms with E-state index in [0.717, 1.165) is 37.9 Å². The molecule has 0 bridgehead atoms. The van der Waals surface area contributed by atoms with Crippen LogP contribution in [0.2, 0.25) is 0 Å². The maximum atomic E-state index is 12.5. The minimum atomic E-state index is -3.29. The fourth-order valence-corrected chi connectivity index (χ4v) is 5.24. The van der Waals surface area contributed by atoms with E-state index < -0.39 is 10.0 Å². The van der Waals surface area contributed by atoms with Gasteiger partial charge in [0.2, 0.25) is 10.0 Å². The highest BCUT2D eigenvalue weighted by molar-refractivity contribution is 7.88. The van der Waals surface area contributed by atoms with Crippen LogP contribution >= 0.6 is 0 Å². The largest absolute Gasteiger partial charge is 0.375 e. The summed E-state index contributed by atoms with van der Waals surface area (Å²) in [6, 6.07) is 17.0. The molecule has 0 unspecified atom stereocenters. The average Bonchev–Trinajstić information content (AvgIpc) is 2.78. The number of piperidine rings is 1. The topological polar surface area (TPSA) is 69.7 Å². The Kier molecular flexibility index (Phi) is 7.87. The van der Waals surface area contributed by atoms with E-state index in [2.05, 4.69) is 22.3 Å². The zero-order valence-electron chi connectivity index (χ0n) is 17.6. The number of hydrogen-bond acceptors (Lipinski definition) is 4. The number of hydrogen-bond donors (Lipinski definition) is 1. The third-order valence-corrected chi connectivity index (χ3v) is 7.28. The molecule has 1 heterocycles. The summed E-state index contributed by atoms with van der Waals surface area (Å²) in [6.07, 6.45) is 3.79. The number of nitrogens with one attached hydrogen (secondary N) is 1. The van der Waals surface area contributed by atoms with Crippen LogP contribution in [-0.2, 0) is 15.8 Å². The summed E-state index contributed by atoms with van der Waals surface area (Å²) in [4.78, 5) is 14.5. The third-order valence-electron chi connectivity index (χ3n) is 5.43. The van der Waals surface area contributed by atoms with E-state index >= 15 is 0 Å². The van der Waals surface area contributed by atoms with Crippen molar-refractivity contribution in [3.63, 3.8) is 0 Å². The number of para-hydroxylation sites is 1. The van der Waals surface area contributed by atoms with Crippen LogP contribution in [0, 0.1) is 0 Å². The molecule has 1 amide bonds. The molecule has 7 heteroatoms. The summed E-state index contributed by atoms with van der Waals surface area (Å²) in [6.45, 7) is 2.66. The fourth-order valence-electron chi connectivity index (χ4n) is 3.63. The highest BCUT2D eigenvalue weighted by Crippen LogP contribution is 2.17. The average molecular weight is 430 g/mol. The van der Waals surface area contributed by atoms with E-state index in [9.17, 15) is 13.2 Å². The maximum absolute atomic E-state index is 12.5. The normalized spacial score (nSPS) is 15.0. The first-order chi connectivity index (χ1) is 14.5. The molecule has 3 rings (SSSR count). The van der Waals surface area contributed by atoms with Crippen molar-refractivity contribution in [2.45, 2.75) is 31.4 Å². The fraction of sp³-hybridized carbons (Fsp3) is 0.435. The lowest BCUT2D eigenvalue weighted by molar-refractivity contribution is 0.0953. The van der Waals surface area contributed by atoms with Crippen LogP contribution in [0.3, 0.4) is 0 Å². The predicted molar refractivity (Wildman–Crippen MR) is 121 cm³/mol. The van der Waals surface area contributed by atoms with Crippen LogP contribution in [0.1, 0.15) is 41.6 Å². The molecule has 0 atom stereocenters. The van der Waals surface area contributed by atoms with Crippen molar-refractivity contribution >= 4 is 21.6 Å². The zero-order chi connectivity index (χ0) is 21.4. The second-order valence-corrected chi connectivity index (χ2v) is 9.75. The molecule has 0 aromatic heterocycles. The number of benzene rings is 2. The summed E-state index contributed by atoms with van der Waals surface area (Å²) < 4.78 is 26.7. The molecule has 6 nitrogen and oxygen atoms in total. The van der Waals surface area contributed by atoms with Crippen molar-refractivity contribution in [1.82, 2.24) is 9.62 Å². The summed E-state index contributed by atoms with van der Waals surface area (Å²) in [5, 5.41) is 2.93. The van der Waals surface area contributed by atoms with Gasteiger partial charge in [0, 0.05) is 44.5 Å². The molecular formula is C23H31N3O3S. The van der Waals surface area contributed by atoms with Gasteiger partial charge >= 0.3 is 0 Å². The van der Waals surface area contributed by atoms with Gasteiger partial charge in [0.25, 0.3) is 5.91 Å². The molecule has 1 N–H and O–H groups in total. The van der Waals surface area contributed by atoms with Gasteiger partial charge in [-0.25, -0.2) is 12.7 Å². The molecule has 1 aliphatic rings. The molecule has 162 valence electrons. The molecule has 0 aliphatic carbocycles. The van der Waals surface area contributed by atoms with Gasteiger partial charge in [-0.05, 0) is 49.1 Å². The highest BCUT2D eigenvalue weighted by Gasteiger charge is 2.24. The first-order valence-corrected chi connectivity index (χ1v) is 12.2. The van der Waals surface area contributed by atoms with Gasteiger partial charge in [-0.3, -0.25) is 4.79 Å². The quantitative estimate of drug-likeness (QED) is 0.621. The Morgan fingerprint density at radius 2 is 1.67 bits per heavy atom. The highest BCUT2D eigenvalue weighted by atomic mass is 32.2. The second-order valence-electron chi connectivity index (χ2n) is 7.78. The van der Waals surface area contributed by atoms with Gasteiger partial charge in [-0.15, -0.1) is 0 Å². The van der Waals surface area contributed by atoms with Gasteiger partial charge in [0.1, 0.15) is 0 Å². The molecule has 2 aromatic carbocycles. The van der Waals surface area contributed by atoms with E-state index in [1.54, 1.807) is 28.6 Å². The number of nitrogens with zero attached hydrogens (tertiary/aromatic N) is 2. The van der Waals surface area contributed by atoms with Crippen molar-refractivity contribution < 1.29 is 13.2 Å². The van der Waals surface area contributed by atoms with Crippen LogP contribution in [0.5, 0.6) is 0 Å². The molecule has 0 saturated carbocycles. The maximum Gasteiger partial charge on any atom is 0.251 e. The van der Waals surface area contributed by atoms with Crippen molar-refractivity contribution in [3.8, 4) is 0 Å². The smallest absolute Gasteiger partial charge is 0.251 e. The number of anilines is 1. The Bertz CT molecular complexity index is 908. The van der Waals surface area contributed by atoms with Gasteiger partial charge in [-0.1, -0.05) is 36.8 Å². The molecule has 1 fully saturated rings. The van der Waals surface area contributed by atoms with Crippen molar-refractivity contribution in [1.29, 1.82) is 0 Å². The molecule has 1 saturated heterocycles. The molecular weight excluding hydrogens is 398 g/mol. The lowest BCUT2D eigenvalue weighted by atomic mass is 10.1. The van der Waals surface area contributed by atoms with E-state index in [4.69, 9.17) is 0 Å². The minimum absolute atomic E-state index is 0.0132. The van der Waals surface area contributed by atoms with Crippen molar-refractivity contribution in [2.75, 3.05) is 38.1 Å². The Labute approximate surface area is 179 Å². The SMILES string of the molecule is CN(CCCNC(=O)c1ccc(CS(=O)(=O)N2CCCCC2)cc1)c1ccccc1. The predicted octanol–water partition coefficient (Wildman–Crippen LogP) is 3.26. The standard InChI is InChI=1S/C23H31N3O3S/c1-25(22-9-4-2-5-10-22)16-8-15-24-23(27)21-13-11-20(12-14-21)19-30(28,29)26-17-6-3-7-18-26/h2,4-5,9-14H,3,6-8,15-19H2,1H3,(H,24,27). The van der Waals surface area contributed by atoms with E-state index in [-0.39, 0.29) is 11.7 Å². The van der Waals surface area contributed by atoms with Crippen LogP contribution in [0.4, 0.5) is 5.69 Å². The molecule has 0 radical (unpaired) electrons. The van der Waals surface area contributed by atoms with Gasteiger partial charge in [0.05, 0.1) is 5.75 Å². The number of amides is 1. The molecule has 0 spiro atoms. The lowest BCUT2D eigenvalue weighted by Gasteiger charge is -2.25. The number of rotatable bonds is 9. The Hall–Kier alpha value is -2.38. The van der Waals surface area contributed by atoms with E-state index in [0.29, 0.717) is 30.8 Å². The second kappa shape index (κ2) is 10.6. The summed E-state index contributed by atoms with van der Waals surface area (Å²) in [5.74, 6) is -0.149. The first kappa shape index (κ1) is 22.3. The van der Waals surface area contributed by atoms with E-state index in [1.165, 1.54) is 0 Å². The van der Waals surface area contributed by atoms with Crippen LogP contribution in [-0.4, -0.2) is 51.9 Å². The van der Waals surface area contributed by atoms with Crippen LogP contribution in [0.25, 0.3) is 0 Å². The molecule has 2 aromatic rings. The number of carbonyl (C=O) groups excluding carboxylic acids is 1. The van der Waals surface area contributed by atoms with Crippen LogP contribution in [0.15, 0.2) is 54.6 Å². The third kappa shape index (κ3) is 6.31. The van der Waals surface area contributed by atoms with Crippen molar-refractivity contribution in [2.24, 2.45) is 0 Å². The van der Waals surface area contributed by atoms with Gasteiger partial charge < -0.3 is 10.2 Å². The Balaban J connectivity index is 1.44. The zero-order valence-corrected chi connectivity index (χ0v) is 18.4. The monoisotopic (exact) mass is 429 g/mol. The molecule has 1 aliphatic heterocycles. The summed E-state index contributed by atoms with van der Waals surface area (Å²) in [5.41, 5.74) is 2.41. The number of carbonyl (C=O) groups is 1. The van der Waals surface area contributed by atoms with E-state index in [1.807, 2.05) is 25.2 Å². The molecule has 30 heavy (non-hydrogen) atoms. The van der Waals surface area contributed by atoms with Gasteiger partial charge in [-0.2, -0.15) is 0 Å². The van der Waals surface area contributed by atoms with Gasteiger partial charge in [0.15, 0.2) is 0 Å². The summed E-state index contributed by atoms with van der Waals surface area (Å²) in [7, 11) is -1.25. The lowest BCUT2D eigenvalue weighted by Crippen LogP contribution is -2.36. The van der Waals surface area contributed by atoms with Crippen molar-refractivity contribution in [3.05, 3.63) is 65.7 Å². The Morgan fingerprint density at radius 3 is 2.33 bits per heavy atom. The van der Waals surface area contributed by atoms with Crippen LogP contribution < -0.4 is 10.2 Å². The number of sulfonamides is 1. The first-order valence-electron chi connectivity index (χ1n) is 10.6.